The highest BCUT2D eigenvalue weighted by atomic mass is 19.2. The Bertz CT molecular complexity index is 859. The van der Waals surface area contributed by atoms with Gasteiger partial charge in [-0.25, -0.2) is 13.2 Å². The second-order valence-corrected chi connectivity index (χ2v) is 6.03. The highest BCUT2D eigenvalue weighted by Crippen LogP contribution is 2.24. The second-order valence-electron chi connectivity index (χ2n) is 6.03. The molecule has 28 heavy (non-hydrogen) atoms. The summed E-state index contributed by atoms with van der Waals surface area (Å²) in [4.78, 5) is 24.7. The van der Waals surface area contributed by atoms with E-state index in [1.165, 1.54) is 0 Å². The first-order valence-corrected chi connectivity index (χ1v) is 8.65. The molecule has 2 aromatic carbocycles. The number of anilines is 1. The molecule has 2 amide bonds. The number of ether oxygens (including phenoxy) is 1. The molecule has 0 unspecified atom stereocenters. The summed E-state index contributed by atoms with van der Waals surface area (Å²) in [6.07, 6.45) is 0.425. The van der Waals surface area contributed by atoms with Crippen molar-refractivity contribution in [2.24, 2.45) is 0 Å². The fraction of sp³-hybridized carbons (Fsp3) is 0.300. The maximum Gasteiger partial charge on any atom is 0.223 e. The van der Waals surface area contributed by atoms with Crippen LogP contribution in [0.5, 0.6) is 5.75 Å². The average molecular weight is 394 g/mol. The average Bonchev–Trinajstić information content (AvgIpc) is 2.68. The molecule has 2 rings (SSSR count). The van der Waals surface area contributed by atoms with Gasteiger partial charge >= 0.3 is 0 Å². The van der Waals surface area contributed by atoms with Gasteiger partial charge in [-0.1, -0.05) is 18.2 Å². The van der Waals surface area contributed by atoms with Crippen molar-refractivity contribution in [3.63, 3.8) is 0 Å². The molecule has 0 bridgehead atoms. The summed E-state index contributed by atoms with van der Waals surface area (Å²) >= 11 is 0. The minimum atomic E-state index is -1.66. The zero-order valence-electron chi connectivity index (χ0n) is 15.6. The monoisotopic (exact) mass is 394 g/mol. The quantitative estimate of drug-likeness (QED) is 0.700. The summed E-state index contributed by atoms with van der Waals surface area (Å²) < 4.78 is 45.7. The number of halogens is 3. The minimum Gasteiger partial charge on any atom is -0.496 e. The molecular formula is C20H21F3N2O3. The fourth-order valence-corrected chi connectivity index (χ4v) is 2.72. The molecule has 0 saturated carbocycles. The standard InChI is InChI=1S/C20H21F3N2O3/c1-13(26)25(16-8-7-15(21)19(22)20(16)23)12-10-18(27)24-11-9-14-5-3-4-6-17(14)28-2/h3-8H,9-12H2,1-2H3,(H,24,27). The van der Waals surface area contributed by atoms with Gasteiger partial charge in [-0.3, -0.25) is 9.59 Å². The van der Waals surface area contributed by atoms with Gasteiger partial charge in [0.05, 0.1) is 12.8 Å². The van der Waals surface area contributed by atoms with Crippen LogP contribution in [0.1, 0.15) is 18.9 Å². The summed E-state index contributed by atoms with van der Waals surface area (Å²) in [5.41, 5.74) is 0.521. The number of nitrogens with zero attached hydrogens (tertiary/aromatic N) is 1. The van der Waals surface area contributed by atoms with Crippen LogP contribution < -0.4 is 15.0 Å². The largest absolute Gasteiger partial charge is 0.496 e. The van der Waals surface area contributed by atoms with Gasteiger partial charge in [0.15, 0.2) is 17.5 Å². The van der Waals surface area contributed by atoms with Gasteiger partial charge in [0.25, 0.3) is 0 Å². The van der Waals surface area contributed by atoms with Gasteiger partial charge in [-0.15, -0.1) is 0 Å². The Morgan fingerprint density at radius 3 is 2.46 bits per heavy atom. The molecule has 0 saturated heterocycles. The summed E-state index contributed by atoms with van der Waals surface area (Å²) in [6, 6.07) is 9.10. The Kier molecular flexibility index (Phi) is 7.43. The Morgan fingerprint density at radius 1 is 1.07 bits per heavy atom. The Labute approximate surface area is 161 Å². The van der Waals surface area contributed by atoms with Crippen LogP contribution in [0.3, 0.4) is 0 Å². The van der Waals surface area contributed by atoms with E-state index in [2.05, 4.69) is 5.32 Å². The summed E-state index contributed by atoms with van der Waals surface area (Å²) in [5.74, 6) is -4.71. The highest BCUT2D eigenvalue weighted by molar-refractivity contribution is 5.92. The molecule has 0 spiro atoms. The Balaban J connectivity index is 1.92. The third-order valence-electron chi connectivity index (χ3n) is 4.16. The number of benzene rings is 2. The summed E-state index contributed by atoms with van der Waals surface area (Å²) in [7, 11) is 1.56. The van der Waals surface area contributed by atoms with Crippen molar-refractivity contribution in [3.05, 3.63) is 59.4 Å². The Hall–Kier alpha value is -3.03. The number of para-hydroxylation sites is 1. The first kappa shape index (κ1) is 21.3. The predicted octanol–water partition coefficient (Wildman–Crippen LogP) is 3.21. The van der Waals surface area contributed by atoms with E-state index < -0.39 is 29.0 Å². The van der Waals surface area contributed by atoms with E-state index in [4.69, 9.17) is 4.74 Å². The molecular weight excluding hydrogens is 373 g/mol. The molecule has 5 nitrogen and oxygen atoms in total. The fourth-order valence-electron chi connectivity index (χ4n) is 2.72. The normalized spacial score (nSPS) is 10.5. The molecule has 8 heteroatoms. The van der Waals surface area contributed by atoms with E-state index in [9.17, 15) is 22.8 Å². The minimum absolute atomic E-state index is 0.121. The summed E-state index contributed by atoms with van der Waals surface area (Å²) in [6.45, 7) is 1.33. The van der Waals surface area contributed by atoms with Crippen LogP contribution in [0.4, 0.5) is 18.9 Å². The lowest BCUT2D eigenvalue weighted by molar-refractivity contribution is -0.121. The molecule has 0 radical (unpaired) electrons. The van der Waals surface area contributed by atoms with Crippen LogP contribution in [0, 0.1) is 17.5 Å². The number of hydrogen-bond acceptors (Lipinski definition) is 3. The molecule has 150 valence electrons. The maximum absolute atomic E-state index is 13.9. The van der Waals surface area contributed by atoms with Crippen molar-refractivity contribution in [1.82, 2.24) is 5.32 Å². The lowest BCUT2D eigenvalue weighted by atomic mass is 10.1. The molecule has 0 atom stereocenters. The molecule has 2 aromatic rings. The predicted molar refractivity (Wildman–Crippen MR) is 98.7 cm³/mol. The number of nitrogens with one attached hydrogen (secondary N) is 1. The Morgan fingerprint density at radius 2 is 1.79 bits per heavy atom. The van der Waals surface area contributed by atoms with Crippen molar-refractivity contribution in [2.45, 2.75) is 19.8 Å². The molecule has 0 aliphatic carbocycles. The number of amides is 2. The van der Waals surface area contributed by atoms with Crippen LogP contribution in [0.2, 0.25) is 0 Å². The molecule has 0 aliphatic rings. The van der Waals surface area contributed by atoms with Crippen molar-refractivity contribution < 1.29 is 27.5 Å². The van der Waals surface area contributed by atoms with Crippen molar-refractivity contribution in [1.29, 1.82) is 0 Å². The van der Waals surface area contributed by atoms with Gasteiger partial charge in [0.1, 0.15) is 5.75 Å². The van der Waals surface area contributed by atoms with Crippen molar-refractivity contribution >= 4 is 17.5 Å². The summed E-state index contributed by atoms with van der Waals surface area (Å²) in [5, 5.41) is 2.70. The van der Waals surface area contributed by atoms with E-state index in [1.807, 2.05) is 24.3 Å². The number of rotatable bonds is 8. The van der Waals surface area contributed by atoms with Crippen LogP contribution in [0.25, 0.3) is 0 Å². The molecule has 0 fully saturated rings. The van der Waals surface area contributed by atoms with Crippen LogP contribution in [-0.4, -0.2) is 32.0 Å². The first-order valence-electron chi connectivity index (χ1n) is 8.65. The van der Waals surface area contributed by atoms with E-state index >= 15 is 0 Å². The third kappa shape index (κ3) is 5.25. The van der Waals surface area contributed by atoms with E-state index in [1.54, 1.807) is 7.11 Å². The topological polar surface area (TPSA) is 58.6 Å². The molecule has 0 aliphatic heterocycles. The van der Waals surface area contributed by atoms with Crippen LogP contribution >= 0.6 is 0 Å². The number of methoxy groups -OCH3 is 1. The van der Waals surface area contributed by atoms with Gasteiger partial charge in [0, 0.05) is 26.4 Å². The highest BCUT2D eigenvalue weighted by Gasteiger charge is 2.21. The number of carbonyl (C=O) groups is 2. The van der Waals surface area contributed by atoms with Gasteiger partial charge in [0.2, 0.25) is 11.8 Å². The van der Waals surface area contributed by atoms with E-state index in [0.717, 1.165) is 29.5 Å². The second kappa shape index (κ2) is 9.77. The van der Waals surface area contributed by atoms with Gasteiger partial charge < -0.3 is 15.0 Å². The van der Waals surface area contributed by atoms with E-state index in [-0.39, 0.29) is 18.9 Å². The van der Waals surface area contributed by atoms with Gasteiger partial charge in [-0.05, 0) is 30.2 Å². The third-order valence-corrected chi connectivity index (χ3v) is 4.16. The van der Waals surface area contributed by atoms with E-state index in [0.29, 0.717) is 18.7 Å². The zero-order valence-corrected chi connectivity index (χ0v) is 15.6. The lowest BCUT2D eigenvalue weighted by Gasteiger charge is -2.21. The number of carbonyl (C=O) groups excluding carboxylic acids is 2. The molecule has 0 heterocycles. The van der Waals surface area contributed by atoms with Gasteiger partial charge in [-0.2, -0.15) is 0 Å². The van der Waals surface area contributed by atoms with Crippen molar-refractivity contribution in [3.8, 4) is 5.75 Å². The maximum atomic E-state index is 13.9. The van der Waals surface area contributed by atoms with Crippen LogP contribution in [0.15, 0.2) is 36.4 Å². The number of hydrogen-bond donors (Lipinski definition) is 1. The van der Waals surface area contributed by atoms with Crippen molar-refractivity contribution in [2.75, 3.05) is 25.1 Å². The SMILES string of the molecule is COc1ccccc1CCNC(=O)CCN(C(C)=O)c1ccc(F)c(F)c1F. The lowest BCUT2D eigenvalue weighted by Crippen LogP contribution is -2.35. The first-order chi connectivity index (χ1) is 13.3. The molecule has 1 N–H and O–H groups in total. The zero-order chi connectivity index (χ0) is 20.7. The smallest absolute Gasteiger partial charge is 0.223 e. The van der Waals surface area contributed by atoms with Crippen LogP contribution in [-0.2, 0) is 16.0 Å². The molecule has 0 aromatic heterocycles.